The molecule has 1 unspecified atom stereocenters. The van der Waals surface area contributed by atoms with E-state index in [-0.39, 0.29) is 0 Å². The molecule has 2 aromatic heterocycles. The molecule has 3 nitrogen and oxygen atoms in total. The van der Waals surface area contributed by atoms with E-state index in [1.807, 2.05) is 29.3 Å². The van der Waals surface area contributed by atoms with Gasteiger partial charge in [0, 0.05) is 40.5 Å². The average molecular weight is 307 g/mol. The zero-order valence-corrected chi connectivity index (χ0v) is 13.7. The summed E-state index contributed by atoms with van der Waals surface area (Å²) in [6, 6.07) is 5.00. The standard InChI is InChI=1S/C15H21N3S2/c1-16-13(4-3-12-5-7-17-18(12)2)15-9-11-10-19-8-6-14(11)20-15/h5,7,9,13,16H,3-4,6,8,10H2,1-2H3. The van der Waals surface area contributed by atoms with Crippen LogP contribution in [0.3, 0.4) is 0 Å². The first kappa shape index (κ1) is 14.2. The van der Waals surface area contributed by atoms with Crippen molar-refractivity contribution >= 4 is 23.1 Å². The van der Waals surface area contributed by atoms with E-state index in [2.05, 4.69) is 41.4 Å². The Morgan fingerprint density at radius 2 is 2.40 bits per heavy atom. The van der Waals surface area contributed by atoms with Crippen LogP contribution in [-0.4, -0.2) is 22.6 Å². The highest BCUT2D eigenvalue weighted by atomic mass is 32.2. The van der Waals surface area contributed by atoms with Crippen LogP contribution in [0.2, 0.25) is 0 Å². The van der Waals surface area contributed by atoms with Crippen molar-refractivity contribution in [2.24, 2.45) is 7.05 Å². The maximum Gasteiger partial charge on any atom is 0.0492 e. The minimum absolute atomic E-state index is 0.463. The van der Waals surface area contributed by atoms with Gasteiger partial charge < -0.3 is 5.32 Å². The van der Waals surface area contributed by atoms with E-state index in [0.717, 1.165) is 12.8 Å². The summed E-state index contributed by atoms with van der Waals surface area (Å²) in [4.78, 5) is 3.11. The summed E-state index contributed by atoms with van der Waals surface area (Å²) in [6.45, 7) is 0. The quantitative estimate of drug-likeness (QED) is 0.920. The number of nitrogens with one attached hydrogen (secondary N) is 1. The molecule has 1 aliphatic rings. The highest BCUT2D eigenvalue weighted by Gasteiger charge is 2.18. The van der Waals surface area contributed by atoms with Crippen LogP contribution in [0.5, 0.6) is 0 Å². The Kier molecular flexibility index (Phi) is 4.48. The Morgan fingerprint density at radius 1 is 1.50 bits per heavy atom. The maximum atomic E-state index is 4.24. The van der Waals surface area contributed by atoms with Gasteiger partial charge >= 0.3 is 0 Å². The van der Waals surface area contributed by atoms with Gasteiger partial charge in [-0.1, -0.05) is 0 Å². The molecule has 20 heavy (non-hydrogen) atoms. The van der Waals surface area contributed by atoms with Gasteiger partial charge in [0.2, 0.25) is 0 Å². The van der Waals surface area contributed by atoms with Gasteiger partial charge in [-0.05, 0) is 49.8 Å². The summed E-state index contributed by atoms with van der Waals surface area (Å²) in [5.74, 6) is 2.48. The van der Waals surface area contributed by atoms with E-state index in [1.165, 1.54) is 28.5 Å². The van der Waals surface area contributed by atoms with Crippen LogP contribution in [0.25, 0.3) is 0 Å². The van der Waals surface area contributed by atoms with Gasteiger partial charge in [0.05, 0.1) is 0 Å². The van der Waals surface area contributed by atoms with E-state index in [1.54, 1.807) is 10.4 Å². The highest BCUT2D eigenvalue weighted by Crippen LogP contribution is 2.35. The molecule has 0 amide bonds. The molecule has 1 atom stereocenters. The second-order valence-electron chi connectivity index (χ2n) is 5.23. The monoisotopic (exact) mass is 307 g/mol. The largest absolute Gasteiger partial charge is 0.312 e. The van der Waals surface area contributed by atoms with Crippen LogP contribution >= 0.6 is 23.1 Å². The van der Waals surface area contributed by atoms with Crippen molar-refractivity contribution in [2.75, 3.05) is 12.8 Å². The zero-order chi connectivity index (χ0) is 13.9. The lowest BCUT2D eigenvalue weighted by atomic mass is 10.1. The van der Waals surface area contributed by atoms with Gasteiger partial charge in [-0.15, -0.1) is 11.3 Å². The van der Waals surface area contributed by atoms with Crippen LogP contribution in [0, 0.1) is 0 Å². The van der Waals surface area contributed by atoms with Gasteiger partial charge in [0.25, 0.3) is 0 Å². The lowest BCUT2D eigenvalue weighted by Gasteiger charge is -2.14. The molecule has 5 heteroatoms. The van der Waals surface area contributed by atoms with Gasteiger partial charge in [-0.25, -0.2) is 0 Å². The van der Waals surface area contributed by atoms with Gasteiger partial charge in [-0.3, -0.25) is 4.68 Å². The molecule has 0 spiro atoms. The van der Waals surface area contributed by atoms with E-state index in [4.69, 9.17) is 0 Å². The van der Waals surface area contributed by atoms with Crippen molar-refractivity contribution in [1.29, 1.82) is 0 Å². The summed E-state index contributed by atoms with van der Waals surface area (Å²) in [6.07, 6.45) is 5.33. The minimum atomic E-state index is 0.463. The highest BCUT2D eigenvalue weighted by molar-refractivity contribution is 7.98. The van der Waals surface area contributed by atoms with Crippen LogP contribution < -0.4 is 5.32 Å². The third-order valence-corrected chi connectivity index (χ3v) is 6.31. The van der Waals surface area contributed by atoms with Crippen LogP contribution in [0.15, 0.2) is 18.3 Å². The number of rotatable bonds is 5. The Labute approximate surface area is 128 Å². The predicted octanol–water partition coefficient (Wildman–Crippen LogP) is 3.16. The first-order valence-electron chi connectivity index (χ1n) is 7.11. The molecule has 1 aliphatic heterocycles. The lowest BCUT2D eigenvalue weighted by Crippen LogP contribution is -2.16. The summed E-state index contributed by atoms with van der Waals surface area (Å²) in [5, 5.41) is 7.73. The topological polar surface area (TPSA) is 29.9 Å². The second-order valence-corrected chi connectivity index (χ2v) is 7.50. The fourth-order valence-electron chi connectivity index (χ4n) is 2.71. The number of hydrogen-bond donors (Lipinski definition) is 1. The Bertz CT molecular complexity index is 550. The number of nitrogens with zero attached hydrogens (tertiary/aromatic N) is 2. The Balaban J connectivity index is 1.70. The normalized spacial score (nSPS) is 16.1. The molecule has 3 rings (SSSR count). The molecule has 0 fully saturated rings. The molecular formula is C15H21N3S2. The van der Waals surface area contributed by atoms with E-state index in [9.17, 15) is 0 Å². The van der Waals surface area contributed by atoms with Crippen molar-refractivity contribution in [3.8, 4) is 0 Å². The van der Waals surface area contributed by atoms with Crippen molar-refractivity contribution < 1.29 is 0 Å². The molecular weight excluding hydrogens is 286 g/mol. The van der Waals surface area contributed by atoms with Crippen LogP contribution in [-0.2, 0) is 25.6 Å². The van der Waals surface area contributed by atoms with Crippen molar-refractivity contribution in [3.63, 3.8) is 0 Å². The third-order valence-electron chi connectivity index (χ3n) is 3.95. The van der Waals surface area contributed by atoms with E-state index in [0.29, 0.717) is 6.04 Å². The summed E-state index contributed by atoms with van der Waals surface area (Å²) < 4.78 is 1.98. The number of fused-ring (bicyclic) bond motifs is 1. The summed E-state index contributed by atoms with van der Waals surface area (Å²) in [7, 11) is 4.09. The van der Waals surface area contributed by atoms with Crippen LogP contribution in [0.4, 0.5) is 0 Å². The first-order chi connectivity index (χ1) is 9.78. The van der Waals surface area contributed by atoms with Crippen molar-refractivity contribution in [2.45, 2.75) is 31.1 Å². The third kappa shape index (κ3) is 2.95. The van der Waals surface area contributed by atoms with E-state index >= 15 is 0 Å². The fourth-order valence-corrected chi connectivity index (χ4v) is 5.23. The van der Waals surface area contributed by atoms with E-state index < -0.39 is 0 Å². The zero-order valence-electron chi connectivity index (χ0n) is 12.1. The summed E-state index contributed by atoms with van der Waals surface area (Å²) in [5.41, 5.74) is 2.88. The number of aryl methyl sites for hydroxylation is 3. The molecule has 108 valence electrons. The molecule has 0 saturated carbocycles. The summed E-state index contributed by atoms with van der Waals surface area (Å²) >= 11 is 4.07. The lowest BCUT2D eigenvalue weighted by molar-refractivity contribution is 0.543. The maximum absolute atomic E-state index is 4.24. The molecule has 0 aliphatic carbocycles. The van der Waals surface area contributed by atoms with Gasteiger partial charge in [-0.2, -0.15) is 16.9 Å². The fraction of sp³-hybridized carbons (Fsp3) is 0.533. The molecule has 0 saturated heterocycles. The average Bonchev–Trinajstić information content (AvgIpc) is 3.06. The smallest absolute Gasteiger partial charge is 0.0492 e. The van der Waals surface area contributed by atoms with Crippen molar-refractivity contribution in [3.05, 3.63) is 39.3 Å². The number of thioether (sulfide) groups is 1. The second kappa shape index (κ2) is 6.33. The molecule has 0 bridgehead atoms. The SMILES string of the molecule is CNC(CCc1ccnn1C)c1cc2c(s1)CCSC2. The van der Waals surface area contributed by atoms with Crippen LogP contribution in [0.1, 0.15) is 33.5 Å². The Morgan fingerprint density at radius 3 is 3.10 bits per heavy atom. The Hall–Kier alpha value is -0.780. The van der Waals surface area contributed by atoms with Crippen molar-refractivity contribution in [1.82, 2.24) is 15.1 Å². The molecule has 0 aromatic carbocycles. The van der Waals surface area contributed by atoms with Gasteiger partial charge in [0.1, 0.15) is 0 Å². The molecule has 2 aromatic rings. The minimum Gasteiger partial charge on any atom is -0.312 e. The van der Waals surface area contributed by atoms with Gasteiger partial charge in [0.15, 0.2) is 0 Å². The molecule has 1 N–H and O–H groups in total. The number of thiophene rings is 1. The predicted molar refractivity (Wildman–Crippen MR) is 87.5 cm³/mol. The molecule has 3 heterocycles. The first-order valence-corrected chi connectivity index (χ1v) is 9.08. The number of hydrogen-bond acceptors (Lipinski definition) is 4. The molecule has 0 radical (unpaired) electrons. The number of aromatic nitrogens is 2.